The molecule has 0 atom stereocenters. The zero-order chi connectivity index (χ0) is 19.1. The maximum Gasteiger partial charge on any atom is 0.313 e. The van der Waals surface area contributed by atoms with E-state index < -0.39 is 29.2 Å². The Hall–Kier alpha value is -3.27. The fraction of sp³-hybridized carbons (Fsp3) is 0.0625. The highest BCUT2D eigenvalue weighted by Gasteiger charge is 2.15. The van der Waals surface area contributed by atoms with Crippen molar-refractivity contribution in [3.63, 3.8) is 0 Å². The minimum atomic E-state index is -0.966. The number of non-ortho nitro benzene ring substituents is 1. The van der Waals surface area contributed by atoms with Crippen LogP contribution in [-0.2, 0) is 14.4 Å². The van der Waals surface area contributed by atoms with Crippen LogP contribution in [0.5, 0.6) is 0 Å². The lowest BCUT2D eigenvalue weighted by atomic mass is 10.3. The van der Waals surface area contributed by atoms with Crippen molar-refractivity contribution in [3.8, 4) is 0 Å². The highest BCUT2D eigenvalue weighted by molar-refractivity contribution is 9.10. The first kappa shape index (κ1) is 19.1. The van der Waals surface area contributed by atoms with Gasteiger partial charge in [-0.05, 0) is 36.4 Å². The lowest BCUT2D eigenvalue weighted by molar-refractivity contribution is -0.384. The van der Waals surface area contributed by atoms with Crippen molar-refractivity contribution in [1.29, 1.82) is 0 Å². The first-order valence-electron chi connectivity index (χ1n) is 7.24. The number of carbonyl (C=O) groups excluding carboxylic acids is 3. The molecule has 0 saturated heterocycles. The van der Waals surface area contributed by atoms with Gasteiger partial charge >= 0.3 is 11.8 Å². The van der Waals surface area contributed by atoms with Crippen LogP contribution in [0.4, 0.5) is 17.1 Å². The predicted octanol–water partition coefficient (Wildman–Crippen LogP) is 2.05. The highest BCUT2D eigenvalue weighted by Crippen LogP contribution is 2.15. The third-order valence-corrected chi connectivity index (χ3v) is 3.61. The Morgan fingerprint density at radius 2 is 1.42 bits per heavy atom. The van der Waals surface area contributed by atoms with Crippen molar-refractivity contribution in [2.45, 2.75) is 0 Å². The van der Waals surface area contributed by atoms with Gasteiger partial charge in [0.05, 0.1) is 11.5 Å². The first-order valence-corrected chi connectivity index (χ1v) is 8.03. The fourth-order valence-electron chi connectivity index (χ4n) is 1.83. The van der Waals surface area contributed by atoms with Gasteiger partial charge in [0.25, 0.3) is 5.69 Å². The lowest BCUT2D eigenvalue weighted by Gasteiger charge is -2.07. The molecule has 0 saturated carbocycles. The molecule has 9 nitrogen and oxygen atoms in total. The molecule has 0 spiro atoms. The van der Waals surface area contributed by atoms with E-state index in [1.807, 2.05) is 0 Å². The monoisotopic (exact) mass is 420 g/mol. The van der Waals surface area contributed by atoms with Crippen LogP contribution < -0.4 is 16.0 Å². The Labute approximate surface area is 156 Å². The van der Waals surface area contributed by atoms with Crippen LogP contribution in [0, 0.1) is 10.1 Å². The molecule has 2 aromatic rings. The van der Waals surface area contributed by atoms with E-state index in [4.69, 9.17) is 0 Å². The minimum Gasteiger partial charge on any atom is -0.339 e. The standard InChI is InChI=1S/C16H13BrN4O5/c17-10-1-3-12(4-2-10)20-16(24)15(23)18-9-14(22)19-11-5-7-13(8-6-11)21(25)26/h1-8H,9H2,(H,18,23)(H,19,22)(H,20,24). The molecule has 0 aromatic heterocycles. The second kappa shape index (κ2) is 8.72. The number of benzene rings is 2. The van der Waals surface area contributed by atoms with Crippen molar-refractivity contribution >= 4 is 50.7 Å². The number of carbonyl (C=O) groups is 3. The molecule has 2 rings (SSSR count). The van der Waals surface area contributed by atoms with Gasteiger partial charge < -0.3 is 16.0 Å². The Morgan fingerprint density at radius 3 is 2.00 bits per heavy atom. The van der Waals surface area contributed by atoms with Crippen LogP contribution in [0.3, 0.4) is 0 Å². The number of nitro benzene ring substituents is 1. The van der Waals surface area contributed by atoms with Gasteiger partial charge in [-0.15, -0.1) is 0 Å². The van der Waals surface area contributed by atoms with Crippen LogP contribution in [-0.4, -0.2) is 29.2 Å². The number of nitrogens with zero attached hydrogens (tertiary/aromatic N) is 1. The zero-order valence-electron chi connectivity index (χ0n) is 13.2. The second-order valence-corrected chi connectivity index (χ2v) is 5.91. The number of amides is 3. The molecule has 3 N–H and O–H groups in total. The highest BCUT2D eigenvalue weighted by atomic mass is 79.9. The molecule has 0 radical (unpaired) electrons. The Morgan fingerprint density at radius 1 is 0.885 bits per heavy atom. The molecule has 0 fully saturated rings. The average Bonchev–Trinajstić information content (AvgIpc) is 2.62. The van der Waals surface area contributed by atoms with Gasteiger partial charge in [-0.1, -0.05) is 15.9 Å². The van der Waals surface area contributed by atoms with Crippen molar-refractivity contribution < 1.29 is 19.3 Å². The Balaban J connectivity index is 1.80. The number of halogens is 1. The van der Waals surface area contributed by atoms with E-state index in [9.17, 15) is 24.5 Å². The molecular weight excluding hydrogens is 408 g/mol. The summed E-state index contributed by atoms with van der Waals surface area (Å²) < 4.78 is 0.822. The predicted molar refractivity (Wildman–Crippen MR) is 97.5 cm³/mol. The number of anilines is 2. The number of rotatable bonds is 5. The van der Waals surface area contributed by atoms with Gasteiger partial charge in [-0.3, -0.25) is 24.5 Å². The third-order valence-electron chi connectivity index (χ3n) is 3.08. The van der Waals surface area contributed by atoms with E-state index in [0.29, 0.717) is 11.4 Å². The third kappa shape index (κ3) is 5.67. The summed E-state index contributed by atoms with van der Waals surface area (Å²) in [6, 6.07) is 11.8. The largest absolute Gasteiger partial charge is 0.339 e. The molecule has 134 valence electrons. The first-order chi connectivity index (χ1) is 12.3. The van der Waals surface area contributed by atoms with Gasteiger partial charge in [0, 0.05) is 28.0 Å². The molecule has 0 aliphatic carbocycles. The molecule has 0 bridgehead atoms. The maximum absolute atomic E-state index is 11.8. The van der Waals surface area contributed by atoms with Crippen LogP contribution in [0.1, 0.15) is 0 Å². The molecule has 0 aliphatic heterocycles. The van der Waals surface area contributed by atoms with Crippen LogP contribution in [0.25, 0.3) is 0 Å². The summed E-state index contributed by atoms with van der Waals surface area (Å²) in [5, 5.41) is 17.6. The summed E-state index contributed by atoms with van der Waals surface area (Å²) in [6.45, 7) is -0.427. The van der Waals surface area contributed by atoms with E-state index in [1.165, 1.54) is 24.3 Å². The maximum atomic E-state index is 11.8. The van der Waals surface area contributed by atoms with E-state index in [-0.39, 0.29) is 5.69 Å². The molecule has 10 heteroatoms. The molecule has 2 aromatic carbocycles. The summed E-state index contributed by atoms with van der Waals surface area (Å²) in [5.41, 5.74) is 0.652. The van der Waals surface area contributed by atoms with E-state index in [0.717, 1.165) is 4.47 Å². The van der Waals surface area contributed by atoms with Crippen LogP contribution in [0.15, 0.2) is 53.0 Å². The molecule has 0 unspecified atom stereocenters. The average molecular weight is 421 g/mol. The SMILES string of the molecule is O=C(CNC(=O)C(=O)Nc1ccc(Br)cc1)Nc1ccc([N+](=O)[O-])cc1. The summed E-state index contributed by atoms with van der Waals surface area (Å²) in [5.74, 6) is -2.45. The Kier molecular flexibility index (Phi) is 6.39. The number of nitro groups is 1. The van der Waals surface area contributed by atoms with Gasteiger partial charge in [-0.2, -0.15) is 0 Å². The molecule has 0 aliphatic rings. The van der Waals surface area contributed by atoms with Crippen molar-refractivity contribution in [1.82, 2.24) is 5.32 Å². The number of hydrogen-bond donors (Lipinski definition) is 3. The van der Waals surface area contributed by atoms with Crippen molar-refractivity contribution in [3.05, 3.63) is 63.1 Å². The number of nitrogens with one attached hydrogen (secondary N) is 3. The zero-order valence-corrected chi connectivity index (χ0v) is 14.8. The molecular formula is C16H13BrN4O5. The summed E-state index contributed by atoms with van der Waals surface area (Å²) in [7, 11) is 0. The number of hydrogen-bond acceptors (Lipinski definition) is 5. The van der Waals surface area contributed by atoms with Gasteiger partial charge in [-0.25, -0.2) is 0 Å². The fourth-order valence-corrected chi connectivity index (χ4v) is 2.10. The normalized spacial score (nSPS) is 9.88. The van der Waals surface area contributed by atoms with Crippen molar-refractivity contribution in [2.24, 2.45) is 0 Å². The molecule has 26 heavy (non-hydrogen) atoms. The topological polar surface area (TPSA) is 130 Å². The smallest absolute Gasteiger partial charge is 0.313 e. The van der Waals surface area contributed by atoms with E-state index in [1.54, 1.807) is 24.3 Å². The van der Waals surface area contributed by atoms with Crippen molar-refractivity contribution in [2.75, 3.05) is 17.2 Å². The molecule has 3 amide bonds. The second-order valence-electron chi connectivity index (χ2n) is 5.00. The van der Waals surface area contributed by atoms with E-state index in [2.05, 4.69) is 31.9 Å². The quantitative estimate of drug-likeness (QED) is 0.387. The Bertz CT molecular complexity index is 837. The van der Waals surface area contributed by atoms with Gasteiger partial charge in [0.2, 0.25) is 5.91 Å². The lowest BCUT2D eigenvalue weighted by Crippen LogP contribution is -2.39. The minimum absolute atomic E-state index is 0.110. The summed E-state index contributed by atoms with van der Waals surface area (Å²) >= 11 is 3.25. The summed E-state index contributed by atoms with van der Waals surface area (Å²) in [6.07, 6.45) is 0. The molecule has 0 heterocycles. The van der Waals surface area contributed by atoms with Crippen LogP contribution >= 0.6 is 15.9 Å². The van der Waals surface area contributed by atoms with Crippen LogP contribution in [0.2, 0.25) is 0 Å². The van der Waals surface area contributed by atoms with Gasteiger partial charge in [0.15, 0.2) is 0 Å². The van der Waals surface area contributed by atoms with E-state index >= 15 is 0 Å². The summed E-state index contributed by atoms with van der Waals surface area (Å²) in [4.78, 5) is 45.2. The van der Waals surface area contributed by atoms with Gasteiger partial charge in [0.1, 0.15) is 0 Å².